The molecule has 0 heterocycles. The number of esters is 1. The molecule has 0 fully saturated rings. The zero-order valence-corrected chi connectivity index (χ0v) is 41.4. The van der Waals surface area contributed by atoms with Gasteiger partial charge in [-0.3, -0.25) is 13.8 Å². The van der Waals surface area contributed by atoms with E-state index >= 15 is 0 Å². The molecule has 0 aliphatic carbocycles. The van der Waals surface area contributed by atoms with Gasteiger partial charge < -0.3 is 18.9 Å². The van der Waals surface area contributed by atoms with E-state index in [1.807, 2.05) is 21.1 Å². The lowest BCUT2D eigenvalue weighted by atomic mass is 10.0. The molecule has 0 aromatic carbocycles. The lowest BCUT2D eigenvalue weighted by Gasteiger charge is -2.24. The van der Waals surface area contributed by atoms with E-state index in [2.05, 4.69) is 38.2 Å². The maximum absolute atomic E-state index is 12.7. The van der Waals surface area contributed by atoms with Crippen LogP contribution in [-0.4, -0.2) is 75.6 Å². The number of hydrogen-bond donors (Lipinski definition) is 1. The highest BCUT2D eigenvalue weighted by atomic mass is 31.2. The number of allylic oxidation sites excluding steroid dienone is 4. The maximum Gasteiger partial charge on any atom is 0.472 e. The summed E-state index contributed by atoms with van der Waals surface area (Å²) in [5.74, 6) is -0.310. The van der Waals surface area contributed by atoms with Crippen molar-refractivity contribution >= 4 is 13.8 Å². The van der Waals surface area contributed by atoms with Gasteiger partial charge >= 0.3 is 13.8 Å². The van der Waals surface area contributed by atoms with E-state index < -0.39 is 13.9 Å². The molecule has 2 unspecified atom stereocenters. The van der Waals surface area contributed by atoms with E-state index in [9.17, 15) is 14.3 Å². The minimum atomic E-state index is -4.27. The number of carbonyl (C=O) groups is 1. The molecule has 0 bridgehead atoms. The summed E-state index contributed by atoms with van der Waals surface area (Å²) in [6, 6.07) is 0. The Hall–Kier alpha value is -1.02. The number of ether oxygens (including phenoxy) is 2. The molecule has 0 aromatic rings. The van der Waals surface area contributed by atoms with Crippen LogP contribution in [0.3, 0.4) is 0 Å². The van der Waals surface area contributed by atoms with E-state index in [0.29, 0.717) is 24.1 Å². The van der Waals surface area contributed by atoms with Crippen LogP contribution in [-0.2, 0) is 27.9 Å². The lowest BCUT2D eigenvalue weighted by Crippen LogP contribution is -2.37. The Morgan fingerprint density at radius 3 is 1.35 bits per heavy atom. The number of rotatable bonds is 48. The Balaban J connectivity index is 4.07. The summed E-state index contributed by atoms with van der Waals surface area (Å²) >= 11 is 0. The highest BCUT2D eigenvalue weighted by Crippen LogP contribution is 2.43. The Morgan fingerprint density at radius 1 is 0.517 bits per heavy atom. The van der Waals surface area contributed by atoms with E-state index in [-0.39, 0.29) is 25.8 Å². The van der Waals surface area contributed by atoms with Crippen molar-refractivity contribution in [2.75, 3.05) is 54.1 Å². The largest absolute Gasteiger partial charge is 0.472 e. The fourth-order valence-corrected chi connectivity index (χ4v) is 8.03. The van der Waals surface area contributed by atoms with Gasteiger partial charge in [0.2, 0.25) is 0 Å². The molecule has 2 atom stereocenters. The first-order valence-corrected chi connectivity index (χ1v) is 27.1. The van der Waals surface area contributed by atoms with Crippen molar-refractivity contribution in [3.8, 4) is 0 Å². The summed E-state index contributed by atoms with van der Waals surface area (Å²) in [5.41, 5.74) is 0. The van der Waals surface area contributed by atoms with Gasteiger partial charge in [-0.15, -0.1) is 0 Å². The van der Waals surface area contributed by atoms with Gasteiger partial charge in [-0.25, -0.2) is 4.57 Å². The summed E-state index contributed by atoms with van der Waals surface area (Å²) in [7, 11) is 1.68. The maximum atomic E-state index is 12.7. The van der Waals surface area contributed by atoms with Gasteiger partial charge in [-0.05, 0) is 44.9 Å². The monoisotopic (exact) mass is 871 g/mol. The van der Waals surface area contributed by atoms with Crippen molar-refractivity contribution < 1.29 is 37.3 Å². The Bertz CT molecular complexity index is 1010. The van der Waals surface area contributed by atoms with Crippen molar-refractivity contribution in [1.29, 1.82) is 0 Å². The van der Waals surface area contributed by atoms with Crippen LogP contribution in [0, 0.1) is 0 Å². The predicted molar refractivity (Wildman–Crippen MR) is 257 cm³/mol. The molecule has 0 saturated heterocycles. The number of phosphoric acid groups is 1. The molecule has 0 saturated carbocycles. The van der Waals surface area contributed by atoms with Gasteiger partial charge in [0.25, 0.3) is 0 Å². The molecule has 0 aliphatic rings. The van der Waals surface area contributed by atoms with Crippen LogP contribution in [0.2, 0.25) is 0 Å². The zero-order chi connectivity index (χ0) is 44.1. The van der Waals surface area contributed by atoms with Crippen LogP contribution in [0.15, 0.2) is 24.3 Å². The van der Waals surface area contributed by atoms with Crippen LogP contribution in [0.5, 0.6) is 0 Å². The number of phosphoric ester groups is 1. The predicted octanol–water partition coefficient (Wildman–Crippen LogP) is 15.6. The van der Waals surface area contributed by atoms with Crippen LogP contribution in [0.4, 0.5) is 0 Å². The fraction of sp³-hybridized carbons (Fsp3) is 0.902. The lowest BCUT2D eigenvalue weighted by molar-refractivity contribution is -0.870. The van der Waals surface area contributed by atoms with E-state index in [0.717, 1.165) is 38.5 Å². The topological polar surface area (TPSA) is 91.3 Å². The molecule has 0 aliphatic heterocycles. The van der Waals surface area contributed by atoms with E-state index in [1.165, 1.54) is 180 Å². The van der Waals surface area contributed by atoms with Gasteiger partial charge in [0.1, 0.15) is 19.3 Å². The van der Waals surface area contributed by atoms with Crippen molar-refractivity contribution in [2.45, 2.75) is 245 Å². The summed E-state index contributed by atoms with van der Waals surface area (Å²) in [6.45, 7) is 5.65. The molecular formula is C51H101NO7P+. The Labute approximate surface area is 373 Å². The SMILES string of the molecule is CCCCCCC/C=C\C/C=C\CCCCCCCCCCCCCCOCC(COP(=O)(O)OCC[N+](C)(C)C)OC(=O)CCCCCCCCCCCCCCCC. The molecule has 0 rings (SSSR count). The number of hydrogen-bond acceptors (Lipinski definition) is 6. The van der Waals surface area contributed by atoms with Gasteiger partial charge in [0, 0.05) is 13.0 Å². The highest BCUT2D eigenvalue weighted by molar-refractivity contribution is 7.47. The smallest absolute Gasteiger partial charge is 0.457 e. The molecule has 356 valence electrons. The first kappa shape index (κ1) is 59.0. The van der Waals surface area contributed by atoms with E-state index in [4.69, 9.17) is 18.5 Å². The molecule has 0 spiro atoms. The average molecular weight is 871 g/mol. The number of nitrogens with zero attached hydrogens (tertiary/aromatic N) is 1. The van der Waals surface area contributed by atoms with Crippen LogP contribution in [0.25, 0.3) is 0 Å². The molecule has 0 amide bonds. The second-order valence-electron chi connectivity index (χ2n) is 18.6. The average Bonchev–Trinajstić information content (AvgIpc) is 3.20. The second kappa shape index (κ2) is 44.6. The van der Waals surface area contributed by atoms with Crippen LogP contribution < -0.4 is 0 Å². The molecule has 9 heteroatoms. The minimum absolute atomic E-state index is 0.0909. The Morgan fingerprint density at radius 2 is 0.917 bits per heavy atom. The quantitative estimate of drug-likeness (QED) is 0.0214. The number of unbranched alkanes of at least 4 members (excludes halogenated alkanes) is 30. The Kier molecular flexibility index (Phi) is 43.8. The molecular weight excluding hydrogens is 770 g/mol. The van der Waals surface area contributed by atoms with Gasteiger partial charge in [-0.2, -0.15) is 0 Å². The van der Waals surface area contributed by atoms with Gasteiger partial charge in [0.15, 0.2) is 0 Å². The van der Waals surface area contributed by atoms with Crippen molar-refractivity contribution in [1.82, 2.24) is 0 Å². The summed E-state index contributed by atoms with van der Waals surface area (Å²) < 4.78 is 35.1. The third kappa shape index (κ3) is 48.0. The molecule has 0 radical (unpaired) electrons. The first-order chi connectivity index (χ1) is 29.1. The minimum Gasteiger partial charge on any atom is -0.457 e. The van der Waals surface area contributed by atoms with Gasteiger partial charge in [-0.1, -0.05) is 212 Å². The fourth-order valence-electron chi connectivity index (χ4n) is 7.29. The third-order valence-corrected chi connectivity index (χ3v) is 12.2. The second-order valence-corrected chi connectivity index (χ2v) is 20.0. The van der Waals surface area contributed by atoms with Gasteiger partial charge in [0.05, 0.1) is 34.4 Å². The molecule has 60 heavy (non-hydrogen) atoms. The molecule has 1 N–H and O–H groups in total. The highest BCUT2D eigenvalue weighted by Gasteiger charge is 2.26. The molecule has 8 nitrogen and oxygen atoms in total. The normalized spacial score (nSPS) is 13.8. The summed E-state index contributed by atoms with van der Waals surface area (Å²) in [4.78, 5) is 23.0. The van der Waals surface area contributed by atoms with Crippen molar-refractivity contribution in [3.05, 3.63) is 24.3 Å². The standard InChI is InChI=1S/C51H100NO7P/c1-6-8-10-12-14-16-18-20-22-23-24-25-26-27-28-29-30-31-33-35-37-39-41-43-46-56-48-50(49-58-60(54,55)57-47-45-52(3,4)5)59-51(53)44-42-40-38-36-34-32-21-19-17-15-13-11-9-7-2/h18,20,23-24,50H,6-17,19,21-22,25-49H2,1-5H3/p+1/b20-18-,24-23-. The number of quaternary nitrogens is 1. The summed E-state index contributed by atoms with van der Waals surface area (Å²) in [5, 5.41) is 0. The zero-order valence-electron chi connectivity index (χ0n) is 40.5. The van der Waals surface area contributed by atoms with Crippen LogP contribution >= 0.6 is 7.82 Å². The van der Waals surface area contributed by atoms with Crippen molar-refractivity contribution in [3.63, 3.8) is 0 Å². The summed E-state index contributed by atoms with van der Waals surface area (Å²) in [6.07, 6.45) is 52.2. The third-order valence-electron chi connectivity index (χ3n) is 11.3. The van der Waals surface area contributed by atoms with Crippen molar-refractivity contribution in [2.24, 2.45) is 0 Å². The number of likely N-dealkylation sites (N-methyl/N-ethyl adjacent to an activating group) is 1. The molecule has 0 aromatic heterocycles. The van der Waals surface area contributed by atoms with Crippen LogP contribution in [0.1, 0.15) is 239 Å². The van der Waals surface area contributed by atoms with E-state index in [1.54, 1.807) is 0 Å². The first-order valence-electron chi connectivity index (χ1n) is 25.6. The number of carbonyl (C=O) groups excluding carboxylic acids is 1.